The average Bonchev–Trinajstić information content (AvgIpc) is 2.66. The van der Waals surface area contributed by atoms with Crippen molar-refractivity contribution >= 4 is 33.0 Å². The summed E-state index contributed by atoms with van der Waals surface area (Å²) in [5.74, 6) is 1.42. The molecule has 0 atom stereocenters. The van der Waals surface area contributed by atoms with Gasteiger partial charge in [-0.05, 0) is 29.3 Å². The predicted molar refractivity (Wildman–Crippen MR) is 62.7 cm³/mol. The number of benzene rings is 1. The van der Waals surface area contributed by atoms with Crippen molar-refractivity contribution in [2.24, 2.45) is 0 Å². The Bertz CT molecular complexity index is 462. The molecule has 0 radical (unpaired) electrons. The zero-order chi connectivity index (χ0) is 10.1. The average molecular weight is 227 g/mol. The highest BCUT2D eigenvalue weighted by Gasteiger charge is 2.10. The molecule has 0 fully saturated rings. The van der Waals surface area contributed by atoms with Gasteiger partial charge in [0.1, 0.15) is 5.75 Å². The van der Waals surface area contributed by atoms with E-state index < -0.39 is 0 Å². The maximum atomic E-state index is 5.87. The zero-order valence-electron chi connectivity index (χ0n) is 8.13. The fourth-order valence-corrected chi connectivity index (χ4v) is 2.89. The molecule has 2 rings (SSSR count). The summed E-state index contributed by atoms with van der Waals surface area (Å²) in [7, 11) is 1.69. The minimum Gasteiger partial charge on any atom is -0.495 e. The van der Waals surface area contributed by atoms with E-state index >= 15 is 0 Å². The van der Waals surface area contributed by atoms with Crippen molar-refractivity contribution in [3.05, 3.63) is 28.6 Å². The highest BCUT2D eigenvalue weighted by molar-refractivity contribution is 7.17. The maximum Gasteiger partial charge on any atom is 0.141 e. The molecular formula is C11H11ClOS. The van der Waals surface area contributed by atoms with Crippen molar-refractivity contribution in [3.63, 3.8) is 0 Å². The summed E-state index contributed by atoms with van der Waals surface area (Å²) in [6.07, 6.45) is 0. The van der Waals surface area contributed by atoms with Gasteiger partial charge < -0.3 is 4.74 Å². The van der Waals surface area contributed by atoms with Gasteiger partial charge >= 0.3 is 0 Å². The topological polar surface area (TPSA) is 9.23 Å². The van der Waals surface area contributed by atoms with Gasteiger partial charge in [-0.3, -0.25) is 0 Å². The monoisotopic (exact) mass is 226 g/mol. The van der Waals surface area contributed by atoms with E-state index in [-0.39, 0.29) is 0 Å². The fraction of sp³-hybridized carbons (Fsp3) is 0.273. The number of thiophene rings is 1. The molecule has 0 saturated carbocycles. The quantitative estimate of drug-likeness (QED) is 0.705. The summed E-state index contributed by atoms with van der Waals surface area (Å²) in [5.41, 5.74) is 2.33. The Morgan fingerprint density at radius 2 is 2.29 bits per heavy atom. The second-order valence-corrected chi connectivity index (χ2v) is 4.37. The molecule has 1 aromatic carbocycles. The third-order valence-electron chi connectivity index (χ3n) is 2.33. The molecule has 74 valence electrons. The molecule has 0 unspecified atom stereocenters. The third kappa shape index (κ3) is 1.39. The summed E-state index contributed by atoms with van der Waals surface area (Å²) in [6, 6.07) is 4.22. The lowest BCUT2D eigenvalue weighted by Gasteiger charge is -2.09. The lowest BCUT2D eigenvalue weighted by atomic mass is 10.1. The van der Waals surface area contributed by atoms with Crippen LogP contribution in [0.3, 0.4) is 0 Å². The minimum atomic E-state index is 0.498. The summed E-state index contributed by atoms with van der Waals surface area (Å²) in [5, 5.41) is 3.35. The van der Waals surface area contributed by atoms with Crippen LogP contribution in [0.4, 0.5) is 0 Å². The molecule has 0 saturated heterocycles. The number of ether oxygens (including phenoxy) is 1. The minimum absolute atomic E-state index is 0.498. The molecule has 0 N–H and O–H groups in total. The number of alkyl halides is 1. The molecule has 1 heterocycles. The molecule has 0 amide bonds. The van der Waals surface area contributed by atoms with Crippen LogP contribution in [0.25, 0.3) is 10.1 Å². The SMILES string of the molecule is COc1c(CCl)cc(C)c2ccsc12. The fourth-order valence-electron chi connectivity index (χ4n) is 1.67. The smallest absolute Gasteiger partial charge is 0.141 e. The molecule has 0 bridgehead atoms. The van der Waals surface area contributed by atoms with Gasteiger partial charge in [0.05, 0.1) is 17.7 Å². The molecule has 0 aliphatic heterocycles. The largest absolute Gasteiger partial charge is 0.495 e. The molecular weight excluding hydrogens is 216 g/mol. The Morgan fingerprint density at radius 1 is 1.50 bits per heavy atom. The van der Waals surface area contributed by atoms with Gasteiger partial charge in [-0.1, -0.05) is 6.07 Å². The first-order chi connectivity index (χ1) is 6.77. The highest BCUT2D eigenvalue weighted by atomic mass is 35.5. The van der Waals surface area contributed by atoms with E-state index in [0.717, 1.165) is 11.3 Å². The van der Waals surface area contributed by atoms with Gasteiger partial charge in [0.15, 0.2) is 0 Å². The molecule has 14 heavy (non-hydrogen) atoms. The van der Waals surface area contributed by atoms with Gasteiger partial charge in [-0.2, -0.15) is 0 Å². The van der Waals surface area contributed by atoms with Crippen molar-refractivity contribution in [2.45, 2.75) is 12.8 Å². The van der Waals surface area contributed by atoms with E-state index in [9.17, 15) is 0 Å². The first-order valence-corrected chi connectivity index (χ1v) is 5.79. The van der Waals surface area contributed by atoms with Crippen molar-refractivity contribution < 1.29 is 4.74 Å². The van der Waals surface area contributed by atoms with Crippen LogP contribution in [0.15, 0.2) is 17.5 Å². The second kappa shape index (κ2) is 3.79. The van der Waals surface area contributed by atoms with Crippen molar-refractivity contribution in [3.8, 4) is 5.75 Å². The number of rotatable bonds is 2. The van der Waals surface area contributed by atoms with Crippen molar-refractivity contribution in [1.82, 2.24) is 0 Å². The van der Waals surface area contributed by atoms with Crippen LogP contribution < -0.4 is 4.74 Å². The second-order valence-electron chi connectivity index (χ2n) is 3.18. The lowest BCUT2D eigenvalue weighted by molar-refractivity contribution is 0.417. The summed E-state index contributed by atoms with van der Waals surface area (Å²) < 4.78 is 6.59. The van der Waals surface area contributed by atoms with Gasteiger partial charge in [0.2, 0.25) is 0 Å². The van der Waals surface area contributed by atoms with Crippen molar-refractivity contribution in [1.29, 1.82) is 0 Å². The van der Waals surface area contributed by atoms with E-state index in [1.54, 1.807) is 18.4 Å². The van der Waals surface area contributed by atoms with Gasteiger partial charge in [-0.15, -0.1) is 22.9 Å². The molecule has 2 aromatic rings. The first-order valence-electron chi connectivity index (χ1n) is 4.37. The van der Waals surface area contributed by atoms with Crippen LogP contribution in [0.1, 0.15) is 11.1 Å². The Labute approximate surface area is 92.3 Å². The summed E-state index contributed by atoms with van der Waals surface area (Å²) in [4.78, 5) is 0. The first kappa shape index (κ1) is 9.81. The van der Waals surface area contributed by atoms with E-state index in [0.29, 0.717) is 5.88 Å². The van der Waals surface area contributed by atoms with Crippen LogP contribution in [-0.2, 0) is 5.88 Å². The van der Waals surface area contributed by atoms with E-state index in [4.69, 9.17) is 16.3 Å². The molecule has 0 aliphatic carbocycles. The van der Waals surface area contributed by atoms with Crippen LogP contribution >= 0.6 is 22.9 Å². The van der Waals surface area contributed by atoms with E-state index in [1.165, 1.54) is 15.6 Å². The molecule has 0 aliphatic rings. The predicted octanol–water partition coefficient (Wildman–Crippen LogP) is 3.96. The maximum absolute atomic E-state index is 5.87. The molecule has 1 nitrogen and oxygen atoms in total. The van der Waals surface area contributed by atoms with Crippen LogP contribution in [0.5, 0.6) is 5.75 Å². The Kier molecular flexibility index (Phi) is 2.66. The summed E-state index contributed by atoms with van der Waals surface area (Å²) in [6.45, 7) is 2.10. The van der Waals surface area contributed by atoms with Gasteiger partial charge in [0.25, 0.3) is 0 Å². The molecule has 3 heteroatoms. The van der Waals surface area contributed by atoms with Gasteiger partial charge in [-0.25, -0.2) is 0 Å². The van der Waals surface area contributed by atoms with Crippen LogP contribution in [0, 0.1) is 6.92 Å². The van der Waals surface area contributed by atoms with E-state index in [1.807, 2.05) is 0 Å². The Balaban J connectivity index is 2.82. The highest BCUT2D eigenvalue weighted by Crippen LogP contribution is 2.36. The Hall–Kier alpha value is -0.730. The number of halogens is 1. The number of aryl methyl sites for hydroxylation is 1. The third-order valence-corrected chi connectivity index (χ3v) is 3.53. The van der Waals surface area contributed by atoms with E-state index in [2.05, 4.69) is 24.4 Å². The zero-order valence-corrected chi connectivity index (χ0v) is 9.71. The number of hydrogen-bond acceptors (Lipinski definition) is 2. The lowest BCUT2D eigenvalue weighted by Crippen LogP contribution is -1.91. The Morgan fingerprint density at radius 3 is 2.93 bits per heavy atom. The number of methoxy groups -OCH3 is 1. The van der Waals surface area contributed by atoms with Crippen LogP contribution in [0.2, 0.25) is 0 Å². The molecule has 1 aromatic heterocycles. The van der Waals surface area contributed by atoms with Gasteiger partial charge in [0, 0.05) is 5.56 Å². The summed E-state index contributed by atoms with van der Waals surface area (Å²) >= 11 is 7.57. The number of fused-ring (bicyclic) bond motifs is 1. The van der Waals surface area contributed by atoms with Crippen LogP contribution in [-0.4, -0.2) is 7.11 Å². The standard InChI is InChI=1S/C11H11ClOS/c1-7-5-8(6-12)10(13-2)11-9(7)3-4-14-11/h3-5H,6H2,1-2H3. The molecule has 0 spiro atoms. The van der Waals surface area contributed by atoms with Crippen molar-refractivity contribution in [2.75, 3.05) is 7.11 Å². The normalized spacial score (nSPS) is 10.8. The number of hydrogen-bond donors (Lipinski definition) is 0.